The number of hydrogen-bond donors (Lipinski definition) is 2. The monoisotopic (exact) mass is 464 g/mol. The first-order valence-electron chi connectivity index (χ1n) is 11.0. The lowest BCUT2D eigenvalue weighted by molar-refractivity contribution is 0.313. The van der Waals surface area contributed by atoms with Gasteiger partial charge in [-0.05, 0) is 55.1 Å². The minimum Gasteiger partial charge on any atom is -0.369 e. The van der Waals surface area contributed by atoms with E-state index >= 15 is 0 Å². The van der Waals surface area contributed by atoms with Gasteiger partial charge in [0.25, 0.3) is 0 Å². The topological polar surface area (TPSA) is 80.3 Å². The third kappa shape index (κ3) is 4.66. The van der Waals surface area contributed by atoms with Crippen LogP contribution in [0.5, 0.6) is 0 Å². The SMILES string of the molecule is CN1CCN(c2cccc(NC3N=C4C(c5ccc(S(C)(=O)=O)cc5)=CC=CN4N3)c2)CC1. The third-order valence-electron chi connectivity index (χ3n) is 6.09. The molecule has 9 heteroatoms. The van der Waals surface area contributed by atoms with Crippen molar-refractivity contribution in [2.24, 2.45) is 4.99 Å². The second-order valence-corrected chi connectivity index (χ2v) is 10.6. The van der Waals surface area contributed by atoms with Crippen molar-refractivity contribution in [3.63, 3.8) is 0 Å². The van der Waals surface area contributed by atoms with E-state index in [4.69, 9.17) is 4.99 Å². The molecule has 5 rings (SSSR count). The Bertz CT molecular complexity index is 1230. The lowest BCUT2D eigenvalue weighted by Crippen LogP contribution is -2.44. The molecule has 0 aromatic heterocycles. The van der Waals surface area contributed by atoms with Gasteiger partial charge in [0, 0.05) is 55.6 Å². The summed E-state index contributed by atoms with van der Waals surface area (Å²) in [4.78, 5) is 9.91. The van der Waals surface area contributed by atoms with Crippen LogP contribution in [0.4, 0.5) is 11.4 Å². The fourth-order valence-corrected chi connectivity index (χ4v) is 4.84. The summed E-state index contributed by atoms with van der Waals surface area (Å²) in [6.45, 7) is 4.18. The Morgan fingerprint density at radius 3 is 2.55 bits per heavy atom. The molecule has 1 unspecified atom stereocenters. The highest BCUT2D eigenvalue weighted by molar-refractivity contribution is 7.90. The van der Waals surface area contributed by atoms with E-state index in [1.807, 2.05) is 35.5 Å². The highest BCUT2D eigenvalue weighted by Gasteiger charge is 2.28. The number of sulfone groups is 1. The Morgan fingerprint density at radius 1 is 1.06 bits per heavy atom. The van der Waals surface area contributed by atoms with E-state index < -0.39 is 9.84 Å². The molecule has 3 aliphatic heterocycles. The Balaban J connectivity index is 1.32. The summed E-state index contributed by atoms with van der Waals surface area (Å²) in [6.07, 6.45) is 6.76. The number of rotatable bonds is 5. The zero-order chi connectivity index (χ0) is 23.0. The van der Waals surface area contributed by atoms with Gasteiger partial charge in [-0.2, -0.15) is 5.43 Å². The van der Waals surface area contributed by atoms with E-state index in [0.29, 0.717) is 4.90 Å². The Kier molecular flexibility index (Phi) is 5.69. The smallest absolute Gasteiger partial charge is 0.193 e. The van der Waals surface area contributed by atoms with Gasteiger partial charge in [0.1, 0.15) is 0 Å². The van der Waals surface area contributed by atoms with Crippen LogP contribution in [0.3, 0.4) is 0 Å². The van der Waals surface area contributed by atoms with Gasteiger partial charge in [0.05, 0.1) is 4.90 Å². The molecular formula is C24H28N6O2S. The van der Waals surface area contributed by atoms with Gasteiger partial charge < -0.3 is 15.1 Å². The predicted octanol–water partition coefficient (Wildman–Crippen LogP) is 2.37. The number of anilines is 2. The summed E-state index contributed by atoms with van der Waals surface area (Å²) in [5.74, 6) is 0.789. The molecule has 1 fully saturated rings. The van der Waals surface area contributed by atoms with E-state index in [1.165, 1.54) is 11.9 Å². The van der Waals surface area contributed by atoms with Crippen molar-refractivity contribution < 1.29 is 8.42 Å². The molecular weight excluding hydrogens is 436 g/mol. The molecule has 0 aliphatic carbocycles. The van der Waals surface area contributed by atoms with Crippen molar-refractivity contribution in [1.82, 2.24) is 15.3 Å². The van der Waals surface area contributed by atoms with Crippen LogP contribution in [0.2, 0.25) is 0 Å². The summed E-state index contributed by atoms with van der Waals surface area (Å²) in [6, 6.07) is 15.4. The zero-order valence-electron chi connectivity index (χ0n) is 18.8. The van der Waals surface area contributed by atoms with Crippen molar-refractivity contribution >= 4 is 32.6 Å². The number of fused-ring (bicyclic) bond motifs is 1. The highest BCUT2D eigenvalue weighted by atomic mass is 32.2. The van der Waals surface area contributed by atoms with E-state index in [-0.39, 0.29) is 6.29 Å². The molecule has 0 bridgehead atoms. The van der Waals surface area contributed by atoms with Gasteiger partial charge in [0.15, 0.2) is 22.0 Å². The van der Waals surface area contributed by atoms with Crippen LogP contribution in [0.15, 0.2) is 76.8 Å². The molecule has 0 radical (unpaired) electrons. The molecule has 0 spiro atoms. The highest BCUT2D eigenvalue weighted by Crippen LogP contribution is 2.27. The van der Waals surface area contributed by atoms with Crippen molar-refractivity contribution in [3.8, 4) is 0 Å². The normalized spacial score (nSPS) is 21.0. The van der Waals surface area contributed by atoms with E-state index in [0.717, 1.165) is 48.8 Å². The summed E-state index contributed by atoms with van der Waals surface area (Å²) >= 11 is 0. The molecule has 1 atom stereocenters. The molecule has 2 N–H and O–H groups in total. The van der Waals surface area contributed by atoms with Gasteiger partial charge in [-0.25, -0.2) is 13.4 Å². The molecule has 1 saturated heterocycles. The lowest BCUT2D eigenvalue weighted by atomic mass is 10.0. The maximum Gasteiger partial charge on any atom is 0.193 e. The van der Waals surface area contributed by atoms with Gasteiger partial charge in [0.2, 0.25) is 0 Å². The van der Waals surface area contributed by atoms with Crippen LogP contribution in [-0.4, -0.2) is 69.9 Å². The number of allylic oxidation sites excluding steroid dienone is 2. The number of nitrogens with zero attached hydrogens (tertiary/aromatic N) is 4. The van der Waals surface area contributed by atoms with E-state index in [1.54, 1.807) is 12.1 Å². The zero-order valence-corrected chi connectivity index (χ0v) is 19.6. The molecule has 2 aromatic carbocycles. The first kappa shape index (κ1) is 21.7. The Hall–Kier alpha value is -3.14. The van der Waals surface area contributed by atoms with E-state index in [9.17, 15) is 8.42 Å². The predicted molar refractivity (Wildman–Crippen MR) is 133 cm³/mol. The second kappa shape index (κ2) is 8.66. The Morgan fingerprint density at radius 2 is 1.82 bits per heavy atom. The van der Waals surface area contributed by atoms with Crippen LogP contribution >= 0.6 is 0 Å². The summed E-state index contributed by atoms with van der Waals surface area (Å²) in [5.41, 5.74) is 7.41. The van der Waals surface area contributed by atoms with Crippen molar-refractivity contribution in [2.45, 2.75) is 11.2 Å². The van der Waals surface area contributed by atoms with Crippen LogP contribution in [0.25, 0.3) is 5.57 Å². The van der Waals surface area contributed by atoms with Gasteiger partial charge >= 0.3 is 0 Å². The van der Waals surface area contributed by atoms with Crippen molar-refractivity contribution in [2.75, 3.05) is 49.7 Å². The van der Waals surface area contributed by atoms with Crippen LogP contribution in [-0.2, 0) is 9.84 Å². The standard InChI is InChI=1S/C24H28N6O2S/c1-28-13-15-29(16-14-28)20-6-3-5-19(17-20)25-24-26-23-22(7-4-12-30(23)27-24)18-8-10-21(11-9-18)33(2,31)32/h3-12,17,24-25,27H,13-16H2,1-2H3. The molecule has 0 saturated carbocycles. The minimum atomic E-state index is -3.23. The fourth-order valence-electron chi connectivity index (χ4n) is 4.21. The average Bonchev–Trinajstić information content (AvgIpc) is 3.22. The summed E-state index contributed by atoms with van der Waals surface area (Å²) in [5, 5.41) is 5.36. The second-order valence-electron chi connectivity index (χ2n) is 8.56. The van der Waals surface area contributed by atoms with E-state index in [2.05, 4.69) is 51.9 Å². The molecule has 172 valence electrons. The summed E-state index contributed by atoms with van der Waals surface area (Å²) in [7, 11) is -1.07. The number of aliphatic imine (C=N–C) groups is 1. The molecule has 3 aliphatic rings. The number of amidine groups is 1. The van der Waals surface area contributed by atoms with Gasteiger partial charge in [-0.3, -0.25) is 5.01 Å². The van der Waals surface area contributed by atoms with Crippen LogP contribution in [0, 0.1) is 0 Å². The first-order valence-corrected chi connectivity index (χ1v) is 12.9. The maximum absolute atomic E-state index is 11.8. The molecule has 2 aromatic rings. The fraction of sp³-hybridized carbons (Fsp3) is 0.292. The average molecular weight is 465 g/mol. The van der Waals surface area contributed by atoms with Crippen molar-refractivity contribution in [3.05, 3.63) is 72.4 Å². The van der Waals surface area contributed by atoms with Gasteiger partial charge in [-0.15, -0.1) is 0 Å². The van der Waals surface area contributed by atoms with Crippen LogP contribution in [0.1, 0.15) is 5.56 Å². The Labute approximate surface area is 194 Å². The number of benzene rings is 2. The quantitative estimate of drug-likeness (QED) is 0.703. The number of likely N-dealkylation sites (N-methyl/N-ethyl adjacent to an activating group) is 1. The summed E-state index contributed by atoms with van der Waals surface area (Å²) < 4.78 is 23.6. The lowest BCUT2D eigenvalue weighted by Gasteiger charge is -2.34. The molecule has 8 nitrogen and oxygen atoms in total. The number of hydrazine groups is 1. The third-order valence-corrected chi connectivity index (χ3v) is 7.22. The first-order chi connectivity index (χ1) is 15.9. The largest absolute Gasteiger partial charge is 0.369 e. The minimum absolute atomic E-state index is 0.307. The maximum atomic E-state index is 11.8. The van der Waals surface area contributed by atoms with Gasteiger partial charge in [-0.1, -0.05) is 18.2 Å². The molecule has 0 amide bonds. The number of nitrogens with one attached hydrogen (secondary N) is 2. The number of hydrogen-bond acceptors (Lipinski definition) is 8. The number of piperazine rings is 1. The molecule has 3 heterocycles. The van der Waals surface area contributed by atoms with Crippen LogP contribution < -0.4 is 15.6 Å². The van der Waals surface area contributed by atoms with Crippen molar-refractivity contribution in [1.29, 1.82) is 0 Å². The molecule has 33 heavy (non-hydrogen) atoms.